The number of aryl methyl sites for hydroxylation is 1. The number of cyclic esters (lactones) is 1. The molecule has 2 fully saturated rings. The van der Waals surface area contributed by atoms with E-state index in [0.717, 1.165) is 56.2 Å². The first-order chi connectivity index (χ1) is 32.0. The first-order valence-corrected chi connectivity index (χ1v) is 23.3. The Balaban J connectivity index is 1.30. The molecule has 4 aromatic rings. The van der Waals surface area contributed by atoms with Crippen LogP contribution in [-0.4, -0.2) is 112 Å². The highest BCUT2D eigenvalue weighted by Crippen LogP contribution is 2.42. The molecular weight excluding hydrogens is 849 g/mol. The lowest BCUT2D eigenvalue weighted by Gasteiger charge is -2.37. The van der Waals surface area contributed by atoms with Gasteiger partial charge in [0, 0.05) is 74.8 Å². The topological polar surface area (TPSA) is 179 Å². The van der Waals surface area contributed by atoms with Gasteiger partial charge in [-0.15, -0.1) is 0 Å². The molecule has 7 rings (SSSR count). The zero-order valence-electron chi connectivity index (χ0n) is 40.1. The second kappa shape index (κ2) is 19.8. The van der Waals surface area contributed by atoms with Crippen LogP contribution in [-0.2, 0) is 52.8 Å². The van der Waals surface area contributed by atoms with E-state index in [1.165, 1.54) is 21.9 Å². The highest BCUT2D eigenvalue weighted by atomic mass is 16.5. The van der Waals surface area contributed by atoms with Crippen molar-refractivity contribution in [3.05, 3.63) is 90.3 Å². The summed E-state index contributed by atoms with van der Waals surface area (Å²) in [6.45, 7) is 16.6. The summed E-state index contributed by atoms with van der Waals surface area (Å²) in [6, 6.07) is 17.5. The number of fused-ring (bicyclic) bond motifs is 6. The van der Waals surface area contributed by atoms with Gasteiger partial charge in [-0.1, -0.05) is 64.6 Å². The van der Waals surface area contributed by atoms with E-state index in [0.29, 0.717) is 25.8 Å². The third-order valence-electron chi connectivity index (χ3n) is 13.6. The third kappa shape index (κ3) is 9.74. The highest BCUT2D eigenvalue weighted by Gasteiger charge is 2.50. The fraction of sp³-hybridized carbons (Fsp3) is 0.481. The van der Waals surface area contributed by atoms with E-state index in [4.69, 9.17) is 14.5 Å². The van der Waals surface area contributed by atoms with Crippen LogP contribution in [0.15, 0.2) is 73.4 Å². The van der Waals surface area contributed by atoms with Crippen molar-refractivity contribution in [3.63, 3.8) is 0 Å². The molecule has 2 saturated heterocycles. The lowest BCUT2D eigenvalue weighted by Crippen LogP contribution is -2.62. The molecule has 5 heterocycles. The lowest BCUT2D eigenvalue weighted by molar-refractivity contribution is -0.155. The molecule has 354 valence electrons. The summed E-state index contributed by atoms with van der Waals surface area (Å²) in [5, 5.41) is 15.8. The maximum absolute atomic E-state index is 14.7. The molecule has 67 heavy (non-hydrogen) atoms. The zero-order valence-corrected chi connectivity index (χ0v) is 40.1. The summed E-state index contributed by atoms with van der Waals surface area (Å²) in [5.74, 6) is -2.90. The number of pyridine rings is 1. The van der Waals surface area contributed by atoms with Crippen LogP contribution in [0.1, 0.15) is 83.7 Å². The molecule has 2 N–H and O–H groups in total. The Morgan fingerprint density at radius 1 is 1.10 bits per heavy atom. The van der Waals surface area contributed by atoms with E-state index in [2.05, 4.69) is 73.0 Å². The van der Waals surface area contributed by atoms with Crippen LogP contribution < -0.4 is 10.7 Å². The van der Waals surface area contributed by atoms with Crippen molar-refractivity contribution < 1.29 is 33.4 Å². The molecule has 4 amide bonds. The van der Waals surface area contributed by atoms with Crippen LogP contribution >= 0.6 is 0 Å². The number of nitrogens with zero attached hydrogens (tertiary/aromatic N) is 6. The molecule has 2 aromatic heterocycles. The van der Waals surface area contributed by atoms with Crippen molar-refractivity contribution in [3.8, 4) is 28.5 Å². The number of nitriles is 1. The fourth-order valence-electron chi connectivity index (χ4n) is 10.1. The molecule has 0 aliphatic carbocycles. The summed E-state index contributed by atoms with van der Waals surface area (Å²) in [7, 11) is 3.16. The van der Waals surface area contributed by atoms with Gasteiger partial charge < -0.3 is 29.2 Å². The first-order valence-electron chi connectivity index (χ1n) is 23.3. The molecule has 0 saturated carbocycles. The van der Waals surface area contributed by atoms with Gasteiger partial charge in [0.1, 0.15) is 18.1 Å². The molecule has 1 unspecified atom stereocenters. The smallest absolute Gasteiger partial charge is 0.324 e. The molecule has 0 radical (unpaired) electrons. The second-order valence-corrected chi connectivity index (χ2v) is 19.4. The molecule has 3 aliphatic rings. The van der Waals surface area contributed by atoms with Crippen LogP contribution in [0.5, 0.6) is 0 Å². The van der Waals surface area contributed by atoms with Crippen molar-refractivity contribution in [2.75, 3.05) is 40.4 Å². The fourth-order valence-corrected chi connectivity index (χ4v) is 10.1. The average molecular weight is 913 g/mol. The summed E-state index contributed by atoms with van der Waals surface area (Å²) in [6.07, 6.45) is 4.40. The predicted molar refractivity (Wildman–Crippen MR) is 254 cm³/mol. The Morgan fingerprint density at radius 3 is 2.57 bits per heavy atom. The van der Waals surface area contributed by atoms with E-state index in [-0.39, 0.29) is 51.1 Å². The zero-order chi connectivity index (χ0) is 48.4. The van der Waals surface area contributed by atoms with E-state index >= 15 is 0 Å². The van der Waals surface area contributed by atoms with Gasteiger partial charge in [0.05, 0.1) is 30.2 Å². The van der Waals surface area contributed by atoms with Crippen LogP contribution in [0, 0.1) is 28.1 Å². The Hall–Kier alpha value is -6.37. The average Bonchev–Trinajstić information content (AvgIpc) is 3.91. The van der Waals surface area contributed by atoms with Gasteiger partial charge in [0.25, 0.3) is 5.91 Å². The molecule has 6 bridgehead atoms. The summed E-state index contributed by atoms with van der Waals surface area (Å²) < 4.78 is 14.2. The Morgan fingerprint density at radius 2 is 1.87 bits per heavy atom. The van der Waals surface area contributed by atoms with Gasteiger partial charge >= 0.3 is 5.97 Å². The monoisotopic (exact) mass is 912 g/mol. The number of hydrazine groups is 1. The quantitative estimate of drug-likeness (QED) is 0.138. The molecule has 15 heteroatoms. The maximum atomic E-state index is 14.7. The Labute approximate surface area is 393 Å². The number of hydrogen-bond acceptors (Lipinski definition) is 10. The van der Waals surface area contributed by atoms with Crippen molar-refractivity contribution >= 4 is 40.5 Å². The highest BCUT2D eigenvalue weighted by molar-refractivity contribution is 5.97. The van der Waals surface area contributed by atoms with Crippen molar-refractivity contribution in [1.82, 2.24) is 35.1 Å². The minimum atomic E-state index is -1.55. The number of ether oxygens (including phenoxy) is 2. The standard InChI is InChI=1S/C52H64N8O7/c1-10-43(61)58-24-21-52(29-53,30-58)50(65)57(8)45(32(3)4)47(62)55-41-26-34-15-12-16-35(25-34)36-19-20-42-38(27-36)39(46(59(42)11-2)37-17-13-22-54-44(37)33(5)66-9)28-51(6,7)31-67-49(64)40-18-14-23-60(56-40)48(41)63/h10,12-13,15-17,19-20,22,25,27,32-33,40-41,45,56H,1,11,14,18,21,23-24,26,28,30-31H2,2-9H3,(H,55,62)/t33-,40-,41-,45?,52+/m0/s1. The Kier molecular flexibility index (Phi) is 14.4. The van der Waals surface area contributed by atoms with Gasteiger partial charge in [-0.25, -0.2) is 5.43 Å². The van der Waals surface area contributed by atoms with Crippen LogP contribution in [0.2, 0.25) is 0 Å². The Bertz CT molecular complexity index is 2610. The van der Waals surface area contributed by atoms with Gasteiger partial charge in [-0.3, -0.25) is 34.0 Å². The minimum absolute atomic E-state index is 0.0917. The number of likely N-dealkylation sites (N-methyl/N-ethyl adjacent to an activating group) is 1. The molecule has 2 aromatic carbocycles. The van der Waals surface area contributed by atoms with Crippen LogP contribution in [0.4, 0.5) is 0 Å². The number of methoxy groups -OCH3 is 1. The predicted octanol–water partition coefficient (Wildman–Crippen LogP) is 6.16. The summed E-state index contributed by atoms with van der Waals surface area (Å²) in [5.41, 5.74) is 8.69. The lowest BCUT2D eigenvalue weighted by atomic mass is 9.84. The van der Waals surface area contributed by atoms with Gasteiger partial charge in [0.2, 0.25) is 17.7 Å². The molecule has 3 aliphatic heterocycles. The number of nitrogens with one attached hydrogen (secondary N) is 2. The number of hydrogen-bond donors (Lipinski definition) is 2. The number of aromatic nitrogens is 2. The van der Waals surface area contributed by atoms with Gasteiger partial charge in [-0.05, 0) is 98.0 Å². The summed E-state index contributed by atoms with van der Waals surface area (Å²) >= 11 is 0. The number of rotatable bonds is 10. The van der Waals surface area contributed by atoms with Crippen molar-refractivity contribution in [1.29, 1.82) is 5.26 Å². The SMILES string of the molecule is C=CC(=O)N1CC[C@](C#N)(C(=O)N(C)C(C(=O)N[C@H]2Cc3cccc(c3)-c3ccc4c(c3)c(c(-c3cccnc3[C@H](C)OC)n4CC)CC(C)(C)COC(=O)[C@@H]3CCCN(N3)C2=O)C(C)C)C1. The maximum Gasteiger partial charge on any atom is 0.324 e. The first kappa shape index (κ1) is 48.6. The van der Waals surface area contributed by atoms with E-state index < -0.39 is 58.6 Å². The molecule has 15 nitrogen and oxygen atoms in total. The molecule has 0 spiro atoms. The number of esters is 1. The number of benzene rings is 2. The van der Waals surface area contributed by atoms with E-state index in [9.17, 15) is 29.2 Å². The molecular formula is C52H64N8O7. The second-order valence-electron chi connectivity index (χ2n) is 19.4. The third-order valence-corrected chi connectivity index (χ3v) is 13.6. The van der Waals surface area contributed by atoms with E-state index in [1.807, 2.05) is 37.3 Å². The van der Waals surface area contributed by atoms with Gasteiger partial charge in [0.15, 0.2) is 5.41 Å². The molecule has 5 atom stereocenters. The minimum Gasteiger partial charge on any atom is -0.464 e. The summed E-state index contributed by atoms with van der Waals surface area (Å²) in [4.78, 5) is 77.5. The number of carbonyl (C=O) groups is 5. The largest absolute Gasteiger partial charge is 0.464 e. The number of likely N-dealkylation sites (tertiary alicyclic amines) is 1. The van der Waals surface area contributed by atoms with Crippen LogP contribution in [0.3, 0.4) is 0 Å². The van der Waals surface area contributed by atoms with Crippen molar-refractivity contribution in [2.45, 2.75) is 104 Å². The van der Waals surface area contributed by atoms with Gasteiger partial charge in [-0.2, -0.15) is 5.26 Å². The normalized spacial score (nSPS) is 21.8. The van der Waals surface area contributed by atoms with Crippen LogP contribution in [0.25, 0.3) is 33.3 Å². The number of amides is 4. The van der Waals surface area contributed by atoms with Crippen molar-refractivity contribution in [2.24, 2.45) is 16.7 Å². The van der Waals surface area contributed by atoms with E-state index in [1.54, 1.807) is 27.2 Å². The number of carbonyl (C=O) groups excluding carboxylic acids is 5.